The Balaban J connectivity index is 4.66. The van der Waals surface area contributed by atoms with Crippen molar-refractivity contribution in [1.82, 2.24) is 0 Å². The third-order valence-electron chi connectivity index (χ3n) is 5.26. The maximum atomic E-state index is 11.9. The quantitative estimate of drug-likeness (QED) is 0.101. The molecule has 0 saturated heterocycles. The summed E-state index contributed by atoms with van der Waals surface area (Å²) in [4.78, 5) is 23.6. The molecule has 9 nitrogen and oxygen atoms in total. The predicted molar refractivity (Wildman–Crippen MR) is 143 cm³/mol. The van der Waals surface area contributed by atoms with Crippen LogP contribution in [0.15, 0.2) is 24.3 Å². The second-order valence-electron chi connectivity index (χ2n) is 9.78. The Morgan fingerprint density at radius 1 is 0.771 bits per heavy atom. The van der Waals surface area contributed by atoms with E-state index in [-0.39, 0.29) is 24.4 Å². The first kappa shape index (κ1) is 33.9. The first-order chi connectivity index (χ1) is 16.1. The van der Waals surface area contributed by atoms with Crippen LogP contribution in [0.25, 0.3) is 0 Å². The number of esters is 2. The van der Waals surface area contributed by atoms with E-state index < -0.39 is 43.5 Å². The summed E-state index contributed by atoms with van der Waals surface area (Å²) in [5.41, 5.74) is 0.536. The van der Waals surface area contributed by atoms with Gasteiger partial charge in [0.15, 0.2) is 22.7 Å². The first-order valence-electron chi connectivity index (χ1n) is 11.7. The van der Waals surface area contributed by atoms with E-state index in [9.17, 15) is 9.59 Å². The van der Waals surface area contributed by atoms with Crippen LogP contribution in [-0.4, -0.2) is 84.6 Å². The Morgan fingerprint density at radius 3 is 1.77 bits per heavy atom. The van der Waals surface area contributed by atoms with Crippen molar-refractivity contribution >= 4 is 37.4 Å². The fourth-order valence-electron chi connectivity index (χ4n) is 3.34. The molecule has 0 fully saturated rings. The Hall–Kier alpha value is -1.13. The van der Waals surface area contributed by atoms with Crippen LogP contribution in [0.2, 0.25) is 44.3 Å². The topological polar surface area (TPSA) is 98.8 Å². The van der Waals surface area contributed by atoms with Gasteiger partial charge in [-0.2, -0.15) is 0 Å². The van der Waals surface area contributed by atoms with Crippen molar-refractivity contribution in [2.45, 2.75) is 70.7 Å². The normalized spacial score (nSPS) is 13.3. The van der Waals surface area contributed by atoms with Crippen LogP contribution in [0.4, 0.5) is 0 Å². The van der Waals surface area contributed by atoms with Crippen LogP contribution in [0, 0.1) is 0 Å². The number of hydrogen-bond donors (Lipinski definition) is 0. The van der Waals surface area contributed by atoms with E-state index >= 15 is 0 Å². The van der Waals surface area contributed by atoms with Crippen molar-refractivity contribution in [3.8, 4) is 0 Å². The molecule has 35 heavy (non-hydrogen) atoms. The van der Waals surface area contributed by atoms with E-state index in [1.54, 1.807) is 35.2 Å². The molecule has 0 rings (SSSR count). The van der Waals surface area contributed by atoms with Crippen molar-refractivity contribution in [3.05, 3.63) is 24.3 Å². The predicted octanol–water partition coefficient (Wildman–Crippen LogP) is 4.31. The molecule has 0 aliphatic heterocycles. The molecule has 0 spiro atoms. The second-order valence-corrected chi connectivity index (χ2v) is 21.7. The van der Waals surface area contributed by atoms with Crippen molar-refractivity contribution in [2.75, 3.05) is 41.2 Å². The van der Waals surface area contributed by atoms with Crippen molar-refractivity contribution in [3.63, 3.8) is 0 Å². The Kier molecular flexibility index (Phi) is 15.4. The van der Waals surface area contributed by atoms with Gasteiger partial charge >= 0.3 is 20.7 Å². The Labute approximate surface area is 214 Å². The zero-order chi connectivity index (χ0) is 27.3. The minimum atomic E-state index is -2.62. The van der Waals surface area contributed by atoms with E-state index in [2.05, 4.69) is 39.3 Å². The zero-order valence-corrected chi connectivity index (χ0v) is 26.1. The van der Waals surface area contributed by atoms with Gasteiger partial charge in [0.25, 0.3) is 0 Å². The highest BCUT2D eigenvalue weighted by atomic mass is 28.4. The summed E-state index contributed by atoms with van der Waals surface area (Å²) in [7, 11) is -1.61. The van der Waals surface area contributed by atoms with E-state index in [4.69, 9.17) is 31.6 Å². The van der Waals surface area contributed by atoms with Gasteiger partial charge in [-0.3, -0.25) is 0 Å². The lowest BCUT2D eigenvalue weighted by Gasteiger charge is -2.35. The molecule has 0 N–H and O–H groups in total. The van der Waals surface area contributed by atoms with Crippen LogP contribution < -0.4 is 0 Å². The molecule has 0 aliphatic rings. The second kappa shape index (κ2) is 15.9. The highest BCUT2D eigenvalue weighted by Crippen LogP contribution is 2.27. The average Bonchev–Trinajstić information content (AvgIpc) is 2.76. The lowest BCUT2D eigenvalue weighted by molar-refractivity contribution is -0.157. The molecular formula is C23H46O9Si3. The average molecular weight is 551 g/mol. The lowest BCUT2D eigenvalue weighted by atomic mass is 10.3. The van der Waals surface area contributed by atoms with Crippen LogP contribution in [-0.2, 0) is 41.2 Å². The van der Waals surface area contributed by atoms with E-state index in [0.717, 1.165) is 24.6 Å². The number of ether oxygens (including phenoxy) is 3. The van der Waals surface area contributed by atoms with E-state index in [0.29, 0.717) is 6.61 Å². The highest BCUT2D eigenvalue weighted by Gasteiger charge is 2.41. The Bertz CT molecular complexity index is 698. The monoisotopic (exact) mass is 550 g/mol. The summed E-state index contributed by atoms with van der Waals surface area (Å²) in [6.45, 7) is 19.6. The maximum Gasteiger partial charge on any atom is 0.499 e. The van der Waals surface area contributed by atoms with Crippen LogP contribution >= 0.6 is 0 Å². The zero-order valence-electron chi connectivity index (χ0n) is 23.1. The summed E-state index contributed by atoms with van der Waals surface area (Å²) in [5.74, 6) is -1.10. The number of hydrogen-bond acceptors (Lipinski definition) is 9. The standard InChI is InChI=1S/C23H46O9Si3/c1-19(2)22(24)30-18-21(31-23(25)20(3)4)17-29-13-12-14-33(8,9)32-34(10,11)15-16-35(26-5,27-6)28-7/h21H,1,3,12-18H2,2,4-11H3. The van der Waals surface area contributed by atoms with E-state index in [1.807, 2.05) is 0 Å². The molecule has 0 bridgehead atoms. The largest absolute Gasteiger partial charge is 0.499 e. The van der Waals surface area contributed by atoms with Gasteiger partial charge in [-0.1, -0.05) is 13.2 Å². The molecule has 0 aromatic carbocycles. The highest BCUT2D eigenvalue weighted by molar-refractivity contribution is 6.85. The molecular weight excluding hydrogens is 505 g/mol. The molecule has 0 radical (unpaired) electrons. The lowest BCUT2D eigenvalue weighted by Crippen LogP contribution is -2.48. The minimum absolute atomic E-state index is 0.108. The van der Waals surface area contributed by atoms with Gasteiger partial charge in [0.1, 0.15) is 6.61 Å². The van der Waals surface area contributed by atoms with Gasteiger partial charge in [0.2, 0.25) is 0 Å². The molecule has 12 heteroatoms. The smallest absolute Gasteiger partial charge is 0.458 e. The molecule has 0 aliphatic carbocycles. The van der Waals surface area contributed by atoms with E-state index in [1.165, 1.54) is 0 Å². The van der Waals surface area contributed by atoms with Crippen LogP contribution in [0.5, 0.6) is 0 Å². The number of rotatable bonds is 19. The fourth-order valence-corrected chi connectivity index (χ4v) is 15.9. The molecule has 0 amide bonds. The summed E-state index contributed by atoms with van der Waals surface area (Å²) in [5, 5.41) is 0. The Morgan fingerprint density at radius 2 is 1.29 bits per heavy atom. The summed E-state index contributed by atoms with van der Waals surface area (Å²) >= 11 is 0. The first-order valence-corrected chi connectivity index (χ1v) is 19.9. The van der Waals surface area contributed by atoms with Gasteiger partial charge < -0.3 is 31.6 Å². The summed E-state index contributed by atoms with van der Waals surface area (Å²) in [6.07, 6.45) is 0.0886. The number of carbonyl (C=O) groups excluding carboxylic acids is 2. The molecule has 0 heterocycles. The molecule has 204 valence electrons. The third kappa shape index (κ3) is 14.3. The van der Waals surface area contributed by atoms with Gasteiger partial charge in [0.05, 0.1) is 6.61 Å². The third-order valence-corrected chi connectivity index (χ3v) is 15.9. The fraction of sp³-hybridized carbons (Fsp3) is 0.739. The van der Waals surface area contributed by atoms with Crippen molar-refractivity contribution < 1.29 is 41.2 Å². The van der Waals surface area contributed by atoms with Gasteiger partial charge in [-0.25, -0.2) is 9.59 Å². The van der Waals surface area contributed by atoms with Gasteiger partial charge in [-0.05, 0) is 58.5 Å². The van der Waals surface area contributed by atoms with Crippen molar-refractivity contribution in [1.29, 1.82) is 0 Å². The van der Waals surface area contributed by atoms with Crippen molar-refractivity contribution in [2.24, 2.45) is 0 Å². The molecule has 1 atom stereocenters. The molecule has 0 aromatic rings. The van der Waals surface area contributed by atoms with Crippen LogP contribution in [0.3, 0.4) is 0 Å². The SMILES string of the molecule is C=C(C)C(=O)OCC(COCCC[Si](C)(C)O[Si](C)(C)CC[Si](OC)(OC)OC)OC(=O)C(=C)C. The minimum Gasteiger partial charge on any atom is -0.458 e. The summed E-state index contributed by atoms with van der Waals surface area (Å²) in [6, 6.07) is 2.54. The molecule has 0 aromatic heterocycles. The maximum absolute atomic E-state index is 11.9. The molecule has 0 saturated carbocycles. The summed E-state index contributed by atoms with van der Waals surface area (Å²) < 4.78 is 39.5. The van der Waals surface area contributed by atoms with Gasteiger partial charge in [-0.15, -0.1) is 0 Å². The number of carbonyl (C=O) groups is 2. The van der Waals surface area contributed by atoms with Crippen LogP contribution in [0.1, 0.15) is 20.3 Å². The molecule has 1 unspecified atom stereocenters. The van der Waals surface area contributed by atoms with Gasteiger partial charge in [0, 0.05) is 45.1 Å².